The van der Waals surface area contributed by atoms with E-state index >= 15 is 0 Å². The maximum Gasteiger partial charge on any atom is 0.153 e. The van der Waals surface area contributed by atoms with Gasteiger partial charge in [0.25, 0.3) is 0 Å². The summed E-state index contributed by atoms with van der Waals surface area (Å²) in [7, 11) is 0. The third-order valence-electron chi connectivity index (χ3n) is 3.14. The van der Waals surface area contributed by atoms with Crippen LogP contribution < -0.4 is 0 Å². The van der Waals surface area contributed by atoms with E-state index in [2.05, 4.69) is 10.1 Å². The van der Waals surface area contributed by atoms with Gasteiger partial charge in [0.2, 0.25) is 0 Å². The normalized spacial score (nSPS) is 19.0. The minimum Gasteiger partial charge on any atom is -0.381 e. The van der Waals surface area contributed by atoms with E-state index in [9.17, 15) is 4.79 Å². The number of aromatic nitrogens is 3. The molecule has 0 amide bonds. The van der Waals surface area contributed by atoms with Gasteiger partial charge in [-0.3, -0.25) is 9.78 Å². The van der Waals surface area contributed by atoms with E-state index < -0.39 is 0 Å². The van der Waals surface area contributed by atoms with Gasteiger partial charge in [0.1, 0.15) is 0 Å². The fourth-order valence-electron chi connectivity index (χ4n) is 2.19. The minimum absolute atomic E-state index is 0.230. The Hall–Kier alpha value is -2.01. The van der Waals surface area contributed by atoms with E-state index in [1.807, 2.05) is 12.1 Å². The molecule has 3 rings (SSSR count). The highest BCUT2D eigenvalue weighted by atomic mass is 16.5. The topological polar surface area (TPSA) is 57.0 Å². The first-order valence-electron chi connectivity index (χ1n) is 5.91. The molecular weight excluding hydrogens is 230 g/mol. The summed E-state index contributed by atoms with van der Waals surface area (Å²) >= 11 is 0. The van der Waals surface area contributed by atoms with Gasteiger partial charge in [0.05, 0.1) is 23.6 Å². The van der Waals surface area contributed by atoms with E-state index in [0.29, 0.717) is 12.2 Å². The summed E-state index contributed by atoms with van der Waals surface area (Å²) in [5, 5.41) is 4.51. The van der Waals surface area contributed by atoms with Crippen molar-refractivity contribution in [3.05, 3.63) is 42.0 Å². The molecule has 1 saturated heterocycles. The molecule has 5 nitrogen and oxygen atoms in total. The summed E-state index contributed by atoms with van der Waals surface area (Å²) in [4.78, 5) is 15.1. The van der Waals surface area contributed by atoms with Crippen LogP contribution in [0, 0.1) is 0 Å². The van der Waals surface area contributed by atoms with Crippen LogP contribution in [0.1, 0.15) is 28.4 Å². The predicted molar refractivity (Wildman–Crippen MR) is 64.9 cm³/mol. The average molecular weight is 243 g/mol. The van der Waals surface area contributed by atoms with Crippen molar-refractivity contribution >= 4 is 6.29 Å². The van der Waals surface area contributed by atoms with E-state index in [4.69, 9.17) is 4.74 Å². The summed E-state index contributed by atoms with van der Waals surface area (Å²) in [6.07, 6.45) is 6.95. The van der Waals surface area contributed by atoms with Crippen molar-refractivity contribution in [3.63, 3.8) is 0 Å². The Morgan fingerprint density at radius 2 is 2.22 bits per heavy atom. The third kappa shape index (κ3) is 1.93. The van der Waals surface area contributed by atoms with Crippen LogP contribution in [-0.4, -0.2) is 34.3 Å². The van der Waals surface area contributed by atoms with E-state index in [1.165, 1.54) is 0 Å². The molecule has 92 valence electrons. The molecule has 0 aliphatic carbocycles. The summed E-state index contributed by atoms with van der Waals surface area (Å²) in [6, 6.07) is 3.72. The number of nitrogens with zero attached hydrogens (tertiary/aromatic N) is 3. The molecule has 0 aromatic carbocycles. The maximum atomic E-state index is 11.1. The zero-order valence-electron chi connectivity index (χ0n) is 9.82. The second-order valence-electron chi connectivity index (χ2n) is 4.30. The molecule has 1 fully saturated rings. The second-order valence-corrected chi connectivity index (χ2v) is 4.30. The fourth-order valence-corrected chi connectivity index (χ4v) is 2.19. The van der Waals surface area contributed by atoms with Crippen molar-refractivity contribution in [2.45, 2.75) is 12.3 Å². The molecule has 0 bridgehead atoms. The van der Waals surface area contributed by atoms with Crippen molar-refractivity contribution in [2.75, 3.05) is 13.2 Å². The summed E-state index contributed by atoms with van der Waals surface area (Å²) in [6.45, 7) is 1.39. The van der Waals surface area contributed by atoms with Gasteiger partial charge in [0, 0.05) is 31.1 Å². The maximum absolute atomic E-state index is 11.1. The summed E-state index contributed by atoms with van der Waals surface area (Å²) < 4.78 is 7.07. The molecule has 1 unspecified atom stereocenters. The lowest BCUT2D eigenvalue weighted by Gasteiger charge is -2.04. The molecule has 0 radical (unpaired) electrons. The standard InChI is InChI=1S/C13H13N3O2/c17-8-11-7-16(12-1-4-14-5-2-12)15-13(11)10-3-6-18-9-10/h1-2,4-5,7-8,10H,3,6,9H2. The third-order valence-corrected chi connectivity index (χ3v) is 3.14. The van der Waals surface area contributed by atoms with Gasteiger partial charge in [0.15, 0.2) is 6.29 Å². The molecule has 2 aromatic heterocycles. The number of carbonyl (C=O) groups is 1. The van der Waals surface area contributed by atoms with Crippen LogP contribution in [0.25, 0.3) is 5.69 Å². The van der Waals surface area contributed by atoms with Gasteiger partial charge in [-0.1, -0.05) is 0 Å². The van der Waals surface area contributed by atoms with Crippen molar-refractivity contribution < 1.29 is 9.53 Å². The average Bonchev–Trinajstić information content (AvgIpc) is 3.08. The number of carbonyl (C=O) groups excluding carboxylic acids is 1. The molecule has 3 heterocycles. The summed E-state index contributed by atoms with van der Waals surface area (Å²) in [5.41, 5.74) is 2.37. The lowest BCUT2D eigenvalue weighted by molar-refractivity contribution is 0.112. The Morgan fingerprint density at radius 3 is 2.89 bits per heavy atom. The van der Waals surface area contributed by atoms with Crippen molar-refractivity contribution in [1.29, 1.82) is 0 Å². The van der Waals surface area contributed by atoms with Crippen molar-refractivity contribution in [3.8, 4) is 5.69 Å². The van der Waals surface area contributed by atoms with Gasteiger partial charge in [-0.05, 0) is 18.6 Å². The Morgan fingerprint density at radius 1 is 1.39 bits per heavy atom. The highest BCUT2D eigenvalue weighted by Crippen LogP contribution is 2.26. The van der Waals surface area contributed by atoms with E-state index in [0.717, 1.165) is 30.7 Å². The van der Waals surface area contributed by atoms with Crippen LogP contribution >= 0.6 is 0 Å². The predicted octanol–water partition coefficient (Wildman–Crippen LogP) is 1.58. The number of aldehydes is 1. The van der Waals surface area contributed by atoms with Crippen molar-refractivity contribution in [1.82, 2.24) is 14.8 Å². The number of ether oxygens (including phenoxy) is 1. The smallest absolute Gasteiger partial charge is 0.153 e. The van der Waals surface area contributed by atoms with Gasteiger partial charge >= 0.3 is 0 Å². The van der Waals surface area contributed by atoms with Crippen LogP contribution in [0.5, 0.6) is 0 Å². The van der Waals surface area contributed by atoms with Crippen LogP contribution in [0.2, 0.25) is 0 Å². The molecule has 0 spiro atoms. The first-order valence-corrected chi connectivity index (χ1v) is 5.91. The van der Waals surface area contributed by atoms with Crippen LogP contribution in [-0.2, 0) is 4.74 Å². The summed E-state index contributed by atoms with van der Waals surface area (Å²) in [5.74, 6) is 0.230. The monoisotopic (exact) mass is 243 g/mol. The lowest BCUT2D eigenvalue weighted by Crippen LogP contribution is -2.03. The number of rotatable bonds is 3. The van der Waals surface area contributed by atoms with Gasteiger partial charge in [-0.25, -0.2) is 4.68 Å². The molecular formula is C13H13N3O2. The number of hydrogen-bond donors (Lipinski definition) is 0. The Balaban J connectivity index is 2.00. The van der Waals surface area contributed by atoms with Crippen LogP contribution in [0.3, 0.4) is 0 Å². The van der Waals surface area contributed by atoms with E-state index in [1.54, 1.807) is 23.3 Å². The number of pyridine rings is 1. The van der Waals surface area contributed by atoms with Gasteiger partial charge in [-0.15, -0.1) is 0 Å². The Bertz CT molecular complexity index is 545. The van der Waals surface area contributed by atoms with Gasteiger partial charge < -0.3 is 4.74 Å². The Kier molecular flexibility index (Phi) is 2.90. The van der Waals surface area contributed by atoms with Gasteiger partial charge in [-0.2, -0.15) is 5.10 Å². The number of hydrogen-bond acceptors (Lipinski definition) is 4. The molecule has 1 aliphatic heterocycles. The largest absolute Gasteiger partial charge is 0.381 e. The molecule has 2 aromatic rings. The van der Waals surface area contributed by atoms with Crippen LogP contribution in [0.15, 0.2) is 30.7 Å². The van der Waals surface area contributed by atoms with E-state index in [-0.39, 0.29) is 5.92 Å². The first-order chi connectivity index (χ1) is 8.88. The SMILES string of the molecule is O=Cc1cn(-c2ccncc2)nc1C1CCOC1. The Labute approximate surface area is 104 Å². The molecule has 0 N–H and O–H groups in total. The first kappa shape index (κ1) is 11.1. The lowest BCUT2D eigenvalue weighted by atomic mass is 10.0. The zero-order valence-corrected chi connectivity index (χ0v) is 9.82. The molecule has 5 heteroatoms. The zero-order chi connectivity index (χ0) is 12.4. The molecule has 1 atom stereocenters. The van der Waals surface area contributed by atoms with Crippen molar-refractivity contribution in [2.24, 2.45) is 0 Å². The quantitative estimate of drug-likeness (QED) is 0.768. The molecule has 0 saturated carbocycles. The fraction of sp³-hybridized carbons (Fsp3) is 0.308. The minimum atomic E-state index is 0.230. The highest BCUT2D eigenvalue weighted by molar-refractivity contribution is 5.76. The highest BCUT2D eigenvalue weighted by Gasteiger charge is 2.24. The second kappa shape index (κ2) is 4.70. The molecule has 18 heavy (non-hydrogen) atoms. The molecule has 1 aliphatic rings. The van der Waals surface area contributed by atoms with Crippen LogP contribution in [0.4, 0.5) is 0 Å².